The molecule has 0 saturated carbocycles. The van der Waals surface area contributed by atoms with Crippen LogP contribution in [0.5, 0.6) is 0 Å². The third kappa shape index (κ3) is 3.61. The quantitative estimate of drug-likeness (QED) is 0.707. The Bertz CT molecular complexity index is 370. The lowest BCUT2D eigenvalue weighted by molar-refractivity contribution is 0.595. The van der Waals surface area contributed by atoms with Crippen LogP contribution in [0.2, 0.25) is 0 Å². The minimum Gasteiger partial charge on any atom is -0.223 e. The van der Waals surface area contributed by atoms with Crippen LogP contribution < -0.4 is 0 Å². The van der Waals surface area contributed by atoms with Gasteiger partial charge in [-0.15, -0.1) is 0 Å². The lowest BCUT2D eigenvalue weighted by atomic mass is 10.2. The molecule has 0 aliphatic carbocycles. The molecule has 0 N–H and O–H groups in total. The van der Waals surface area contributed by atoms with E-state index >= 15 is 0 Å². The minimum absolute atomic E-state index is 0.0525. The highest BCUT2D eigenvalue weighted by Crippen LogP contribution is 2.05. The summed E-state index contributed by atoms with van der Waals surface area (Å²) in [6, 6.07) is 8.82. The first-order chi connectivity index (χ1) is 6.14. The molecule has 1 rings (SSSR count). The Labute approximate surface area is 81.2 Å². The molecular weight excluding hydrogens is 208 g/mol. The van der Waals surface area contributed by atoms with Gasteiger partial charge in [-0.2, -0.15) is 0 Å². The van der Waals surface area contributed by atoms with Crippen LogP contribution in [0.15, 0.2) is 30.3 Å². The summed E-state index contributed by atoms with van der Waals surface area (Å²) in [5.74, 6) is -0.0525. The Morgan fingerprint density at radius 3 is 2.31 bits per heavy atom. The van der Waals surface area contributed by atoms with Crippen molar-refractivity contribution >= 4 is 21.5 Å². The van der Waals surface area contributed by atoms with Gasteiger partial charge in [-0.1, -0.05) is 30.3 Å². The van der Waals surface area contributed by atoms with E-state index in [1.807, 2.05) is 6.07 Å². The molecule has 1 aromatic carbocycles. The molecule has 3 nitrogen and oxygen atoms in total. The van der Waals surface area contributed by atoms with Crippen molar-refractivity contribution in [1.29, 1.82) is 0 Å². The average molecular weight is 217 g/mol. The SMILES string of the molecule is O=[S+]CS(=O)(=O)Cc1ccccc1. The number of benzene rings is 1. The Morgan fingerprint density at radius 1 is 1.15 bits per heavy atom. The molecule has 0 aliphatic heterocycles. The van der Waals surface area contributed by atoms with E-state index in [2.05, 4.69) is 0 Å². The fourth-order valence-electron chi connectivity index (χ4n) is 0.943. The maximum Gasteiger partial charge on any atom is 0.475 e. The topological polar surface area (TPSA) is 51.2 Å². The number of rotatable bonds is 4. The minimum atomic E-state index is -3.23. The highest BCUT2D eigenvalue weighted by molar-refractivity contribution is 7.99. The van der Waals surface area contributed by atoms with Gasteiger partial charge in [0.15, 0.2) is 0 Å². The van der Waals surface area contributed by atoms with Crippen molar-refractivity contribution in [2.45, 2.75) is 5.75 Å². The first-order valence-corrected chi connectivity index (χ1v) is 6.36. The summed E-state index contributed by atoms with van der Waals surface area (Å²) < 4.78 is 32.4. The normalized spacial score (nSPS) is 11.1. The first kappa shape index (κ1) is 10.3. The molecule has 0 saturated heterocycles. The zero-order chi connectivity index (χ0) is 9.73. The van der Waals surface area contributed by atoms with Gasteiger partial charge in [0.05, 0.1) is 5.75 Å². The van der Waals surface area contributed by atoms with E-state index in [9.17, 15) is 12.6 Å². The fraction of sp³-hybridized carbons (Fsp3) is 0.250. The summed E-state index contributed by atoms with van der Waals surface area (Å²) in [6.45, 7) is 0. The van der Waals surface area contributed by atoms with Crippen LogP contribution in [0.25, 0.3) is 0 Å². The second-order valence-corrected chi connectivity index (χ2v) is 5.56. The van der Waals surface area contributed by atoms with Crippen molar-refractivity contribution in [3.05, 3.63) is 35.9 Å². The molecule has 0 amide bonds. The number of sulfone groups is 1. The maximum atomic E-state index is 11.2. The Hall–Kier alpha value is -0.810. The van der Waals surface area contributed by atoms with Crippen LogP contribution in [0, 0.1) is 0 Å². The van der Waals surface area contributed by atoms with Gasteiger partial charge in [0.2, 0.25) is 9.84 Å². The summed E-state index contributed by atoms with van der Waals surface area (Å²) in [5.41, 5.74) is 0.719. The number of hydrogen-bond donors (Lipinski definition) is 0. The van der Waals surface area contributed by atoms with Crippen LogP contribution in [0.4, 0.5) is 0 Å². The fourth-order valence-corrected chi connectivity index (χ4v) is 2.56. The maximum absolute atomic E-state index is 11.2. The molecule has 1 aromatic rings. The van der Waals surface area contributed by atoms with Crippen molar-refractivity contribution in [3.63, 3.8) is 0 Å². The number of hydrogen-bond acceptors (Lipinski definition) is 3. The lowest BCUT2D eigenvalue weighted by Crippen LogP contribution is -2.07. The van der Waals surface area contributed by atoms with Gasteiger partial charge in [-0.05, 0) is 5.56 Å². The smallest absolute Gasteiger partial charge is 0.223 e. The Morgan fingerprint density at radius 2 is 1.77 bits per heavy atom. The van der Waals surface area contributed by atoms with Crippen LogP contribution in [-0.2, 0) is 31.5 Å². The zero-order valence-corrected chi connectivity index (χ0v) is 8.48. The third-order valence-electron chi connectivity index (χ3n) is 1.46. The van der Waals surface area contributed by atoms with Crippen LogP contribution in [-0.4, -0.2) is 13.5 Å². The summed E-state index contributed by atoms with van der Waals surface area (Å²) in [7, 11) is -3.23. The van der Waals surface area contributed by atoms with Crippen molar-refractivity contribution in [2.75, 3.05) is 5.08 Å². The second-order valence-electron chi connectivity index (χ2n) is 2.61. The molecule has 0 fully saturated rings. The van der Waals surface area contributed by atoms with Gasteiger partial charge in [0, 0.05) is 4.21 Å². The van der Waals surface area contributed by atoms with Crippen LogP contribution in [0.1, 0.15) is 5.56 Å². The predicted octanol–water partition coefficient (Wildman–Crippen LogP) is 0.987. The third-order valence-corrected chi connectivity index (χ3v) is 4.05. The summed E-state index contributed by atoms with van der Waals surface area (Å²) in [6.07, 6.45) is 0. The van der Waals surface area contributed by atoms with E-state index in [1.165, 1.54) is 0 Å². The molecule has 0 spiro atoms. The summed E-state index contributed by atoms with van der Waals surface area (Å²) in [4.78, 5) is 0. The average Bonchev–Trinajstić information content (AvgIpc) is 2.04. The van der Waals surface area contributed by atoms with Crippen LogP contribution in [0.3, 0.4) is 0 Å². The molecule has 0 bridgehead atoms. The van der Waals surface area contributed by atoms with Crippen molar-refractivity contribution in [3.8, 4) is 0 Å². The van der Waals surface area contributed by atoms with Crippen LogP contribution >= 0.6 is 0 Å². The standard InChI is InChI=1S/C8H9O3S2/c9-12-7-13(10,11)6-8-4-2-1-3-5-8/h1-5H,6-7H2/q+1. The predicted molar refractivity (Wildman–Crippen MR) is 52.0 cm³/mol. The Balaban J connectivity index is 2.75. The largest absolute Gasteiger partial charge is 0.475 e. The summed E-state index contributed by atoms with van der Waals surface area (Å²) >= 11 is 0.0899. The molecule has 5 heteroatoms. The molecule has 0 atom stereocenters. The molecular formula is C8H9O3S2+. The van der Waals surface area contributed by atoms with E-state index in [-0.39, 0.29) is 22.5 Å². The van der Waals surface area contributed by atoms with E-state index in [4.69, 9.17) is 0 Å². The molecule has 13 heavy (non-hydrogen) atoms. The molecule has 70 valence electrons. The Kier molecular flexibility index (Phi) is 3.50. The van der Waals surface area contributed by atoms with Gasteiger partial charge < -0.3 is 0 Å². The molecule has 0 radical (unpaired) electrons. The van der Waals surface area contributed by atoms with E-state index < -0.39 is 9.84 Å². The van der Waals surface area contributed by atoms with Crippen molar-refractivity contribution in [2.24, 2.45) is 0 Å². The monoisotopic (exact) mass is 217 g/mol. The highest BCUT2D eigenvalue weighted by atomic mass is 32.3. The zero-order valence-electron chi connectivity index (χ0n) is 6.84. The first-order valence-electron chi connectivity index (χ1n) is 3.63. The van der Waals surface area contributed by atoms with E-state index in [0.29, 0.717) is 0 Å². The van der Waals surface area contributed by atoms with Gasteiger partial charge in [-0.25, -0.2) is 8.42 Å². The van der Waals surface area contributed by atoms with Gasteiger partial charge in [0.1, 0.15) is 0 Å². The van der Waals surface area contributed by atoms with Gasteiger partial charge in [0.25, 0.3) is 0 Å². The summed E-state index contributed by atoms with van der Waals surface area (Å²) in [5, 5.41) is -0.359. The highest BCUT2D eigenvalue weighted by Gasteiger charge is 2.19. The molecule has 0 aliphatic rings. The molecule has 0 unspecified atom stereocenters. The molecule has 0 heterocycles. The van der Waals surface area contributed by atoms with Gasteiger partial charge >= 0.3 is 16.8 Å². The van der Waals surface area contributed by atoms with Crippen molar-refractivity contribution in [1.82, 2.24) is 0 Å². The second kappa shape index (κ2) is 4.43. The van der Waals surface area contributed by atoms with Gasteiger partial charge in [-0.3, -0.25) is 0 Å². The van der Waals surface area contributed by atoms with E-state index in [1.54, 1.807) is 24.3 Å². The van der Waals surface area contributed by atoms with Crippen molar-refractivity contribution < 1.29 is 12.6 Å². The molecule has 0 aromatic heterocycles. The lowest BCUT2D eigenvalue weighted by Gasteiger charge is -1.95. The van der Waals surface area contributed by atoms with E-state index in [0.717, 1.165) is 5.56 Å².